The summed E-state index contributed by atoms with van der Waals surface area (Å²) in [5, 5.41) is 3.78. The Hall–Kier alpha value is -4.48. The minimum Gasteiger partial charge on any atom is -0.493 e. The van der Waals surface area contributed by atoms with E-state index in [9.17, 15) is 18.0 Å². The summed E-state index contributed by atoms with van der Waals surface area (Å²) in [4.78, 5) is 16.4. The monoisotopic (exact) mass is 490 g/mol. The number of rotatable bonds is 10. The molecule has 0 N–H and O–H groups in total. The van der Waals surface area contributed by atoms with Crippen LogP contribution in [0.1, 0.15) is 22.2 Å². The maximum Gasteiger partial charge on any atom is 0.387 e. The average molecular weight is 490 g/mol. The van der Waals surface area contributed by atoms with Crippen LogP contribution < -0.4 is 14.2 Å². The van der Waals surface area contributed by atoms with E-state index in [0.717, 1.165) is 0 Å². The number of alkyl halides is 2. The molecule has 0 atom stereocenters. The molecule has 2 aromatic carbocycles. The van der Waals surface area contributed by atoms with Gasteiger partial charge in [-0.1, -0.05) is 5.16 Å². The van der Waals surface area contributed by atoms with Gasteiger partial charge in [-0.25, -0.2) is 9.18 Å². The van der Waals surface area contributed by atoms with E-state index in [1.807, 2.05) is 0 Å². The van der Waals surface area contributed by atoms with E-state index in [1.165, 1.54) is 55.6 Å². The van der Waals surface area contributed by atoms with E-state index in [1.54, 1.807) is 6.07 Å². The Bertz CT molecular complexity index is 1290. The summed E-state index contributed by atoms with van der Waals surface area (Å²) in [6.45, 7) is -3.32. The highest BCUT2D eigenvalue weighted by Gasteiger charge is 2.18. The molecule has 182 valence electrons. The zero-order valence-electron chi connectivity index (χ0n) is 18.1. The van der Waals surface area contributed by atoms with Crippen LogP contribution in [-0.2, 0) is 18.0 Å². The Morgan fingerprint density at radius 2 is 1.83 bits per heavy atom. The van der Waals surface area contributed by atoms with Crippen molar-refractivity contribution in [1.82, 2.24) is 10.1 Å². The van der Waals surface area contributed by atoms with Gasteiger partial charge >= 0.3 is 12.6 Å². The molecule has 0 aliphatic rings. The molecule has 4 rings (SSSR count). The molecule has 0 fully saturated rings. The highest BCUT2D eigenvalue weighted by molar-refractivity contribution is 5.86. The van der Waals surface area contributed by atoms with Gasteiger partial charge in [-0.2, -0.15) is 13.8 Å². The second-order valence-corrected chi connectivity index (χ2v) is 6.84. The van der Waals surface area contributed by atoms with Crippen LogP contribution in [0.5, 0.6) is 17.2 Å². The highest BCUT2D eigenvalue weighted by atomic mass is 19.3. The van der Waals surface area contributed by atoms with Crippen molar-refractivity contribution in [2.45, 2.75) is 19.8 Å². The van der Waals surface area contributed by atoms with E-state index in [2.05, 4.69) is 14.9 Å². The number of benzene rings is 2. The van der Waals surface area contributed by atoms with Crippen molar-refractivity contribution in [1.29, 1.82) is 0 Å². The Labute approximate surface area is 196 Å². The molecule has 0 unspecified atom stereocenters. The summed E-state index contributed by atoms with van der Waals surface area (Å²) in [5.41, 5.74) is 0.404. The van der Waals surface area contributed by atoms with Crippen LogP contribution in [0.3, 0.4) is 0 Å². The first-order valence-electron chi connectivity index (χ1n) is 10.0. The van der Waals surface area contributed by atoms with Gasteiger partial charge in [0.1, 0.15) is 23.9 Å². The van der Waals surface area contributed by atoms with Gasteiger partial charge in [0.15, 0.2) is 18.1 Å². The van der Waals surface area contributed by atoms with Gasteiger partial charge in [-0.15, -0.1) is 0 Å². The third kappa shape index (κ3) is 6.10. The fourth-order valence-corrected chi connectivity index (χ4v) is 2.88. The third-order valence-corrected chi connectivity index (χ3v) is 4.49. The van der Waals surface area contributed by atoms with E-state index in [0.29, 0.717) is 17.1 Å². The minimum atomic E-state index is -3.01. The summed E-state index contributed by atoms with van der Waals surface area (Å²) in [7, 11) is 1.30. The van der Waals surface area contributed by atoms with Crippen molar-refractivity contribution in [3.8, 4) is 28.6 Å². The molecule has 9 nitrogen and oxygen atoms in total. The number of esters is 1. The standard InChI is InChI=1S/C23H17F3N2O7/c1-30-19-10-13(2-8-17(19)34-23(25)26)21-27-20(35-28-21)12-32-22(29)18-9-7-16(33-18)11-31-15-5-3-14(24)4-6-15/h2-10,23H,11-12H2,1H3. The predicted molar refractivity (Wildman–Crippen MR) is 111 cm³/mol. The van der Waals surface area contributed by atoms with Gasteiger partial charge in [-0.3, -0.25) is 0 Å². The number of ether oxygens (including phenoxy) is 4. The lowest BCUT2D eigenvalue weighted by atomic mass is 10.2. The van der Waals surface area contributed by atoms with Crippen molar-refractivity contribution in [2.75, 3.05) is 7.11 Å². The largest absolute Gasteiger partial charge is 0.493 e. The zero-order valence-corrected chi connectivity index (χ0v) is 18.1. The summed E-state index contributed by atoms with van der Waals surface area (Å²) < 4.78 is 68.3. The average Bonchev–Trinajstić information content (AvgIpc) is 3.52. The first-order valence-corrected chi connectivity index (χ1v) is 10.0. The second kappa shape index (κ2) is 10.6. The first kappa shape index (κ1) is 23.7. The van der Waals surface area contributed by atoms with Gasteiger partial charge in [0.05, 0.1) is 7.11 Å². The number of carbonyl (C=O) groups is 1. The zero-order chi connectivity index (χ0) is 24.8. The van der Waals surface area contributed by atoms with Crippen molar-refractivity contribution in [3.05, 3.63) is 77.8 Å². The molecule has 12 heteroatoms. The number of halogens is 3. The lowest BCUT2D eigenvalue weighted by Crippen LogP contribution is -2.04. The summed E-state index contributed by atoms with van der Waals surface area (Å²) >= 11 is 0. The quantitative estimate of drug-likeness (QED) is 0.284. The Morgan fingerprint density at radius 3 is 2.57 bits per heavy atom. The Morgan fingerprint density at radius 1 is 1.03 bits per heavy atom. The lowest BCUT2D eigenvalue weighted by molar-refractivity contribution is -0.0512. The summed E-state index contributed by atoms with van der Waals surface area (Å²) in [6.07, 6.45) is 0. The van der Waals surface area contributed by atoms with Crippen LogP contribution in [-0.4, -0.2) is 29.8 Å². The number of hydrogen-bond acceptors (Lipinski definition) is 9. The molecule has 0 saturated heterocycles. The van der Waals surface area contributed by atoms with Crippen LogP contribution in [0.2, 0.25) is 0 Å². The van der Waals surface area contributed by atoms with Crippen molar-refractivity contribution < 1.29 is 45.9 Å². The first-order chi connectivity index (χ1) is 16.9. The molecule has 2 aromatic heterocycles. The fourth-order valence-electron chi connectivity index (χ4n) is 2.88. The van der Waals surface area contributed by atoms with E-state index in [4.69, 9.17) is 23.2 Å². The fraction of sp³-hybridized carbons (Fsp3) is 0.174. The van der Waals surface area contributed by atoms with Gasteiger partial charge in [0.2, 0.25) is 11.6 Å². The van der Waals surface area contributed by atoms with Crippen molar-refractivity contribution in [2.24, 2.45) is 0 Å². The molecule has 0 radical (unpaired) electrons. The Balaban J connectivity index is 1.32. The van der Waals surface area contributed by atoms with Crippen molar-refractivity contribution >= 4 is 5.97 Å². The van der Waals surface area contributed by atoms with Crippen LogP contribution in [0.4, 0.5) is 13.2 Å². The molecular formula is C23H17F3N2O7. The summed E-state index contributed by atoms with van der Waals surface area (Å²) in [6, 6.07) is 12.5. The van der Waals surface area contributed by atoms with Crippen LogP contribution in [0, 0.1) is 5.82 Å². The van der Waals surface area contributed by atoms with E-state index in [-0.39, 0.29) is 48.0 Å². The molecule has 0 saturated carbocycles. The Kier molecular flexibility index (Phi) is 7.19. The maximum atomic E-state index is 12.9. The van der Waals surface area contributed by atoms with Crippen LogP contribution in [0.25, 0.3) is 11.4 Å². The molecule has 0 bridgehead atoms. The summed E-state index contributed by atoms with van der Waals surface area (Å²) in [5.74, 6) is -0.409. The van der Waals surface area contributed by atoms with Gasteiger partial charge in [0, 0.05) is 5.56 Å². The number of carbonyl (C=O) groups excluding carboxylic acids is 1. The molecule has 35 heavy (non-hydrogen) atoms. The van der Waals surface area contributed by atoms with Gasteiger partial charge < -0.3 is 27.9 Å². The third-order valence-electron chi connectivity index (χ3n) is 4.49. The molecule has 0 amide bonds. The number of methoxy groups -OCH3 is 1. The smallest absolute Gasteiger partial charge is 0.387 e. The number of nitrogens with zero attached hydrogens (tertiary/aromatic N) is 2. The maximum absolute atomic E-state index is 12.9. The van der Waals surface area contributed by atoms with E-state index < -0.39 is 12.6 Å². The van der Waals surface area contributed by atoms with Crippen LogP contribution >= 0.6 is 0 Å². The van der Waals surface area contributed by atoms with Crippen molar-refractivity contribution in [3.63, 3.8) is 0 Å². The molecule has 2 heterocycles. The SMILES string of the molecule is COc1cc(-c2noc(COC(=O)c3ccc(COc4ccc(F)cc4)o3)n2)ccc1OC(F)F. The van der Waals surface area contributed by atoms with E-state index >= 15 is 0 Å². The number of hydrogen-bond donors (Lipinski definition) is 0. The number of furan rings is 1. The second-order valence-electron chi connectivity index (χ2n) is 6.84. The molecule has 0 aliphatic heterocycles. The molecule has 0 spiro atoms. The lowest BCUT2D eigenvalue weighted by Gasteiger charge is -2.10. The highest BCUT2D eigenvalue weighted by Crippen LogP contribution is 2.32. The molecule has 0 aliphatic carbocycles. The minimum absolute atomic E-state index is 0.00773. The predicted octanol–water partition coefficient (Wildman–Crippen LogP) is 5.01. The number of aromatic nitrogens is 2. The van der Waals surface area contributed by atoms with Gasteiger partial charge in [0.25, 0.3) is 5.89 Å². The van der Waals surface area contributed by atoms with Crippen LogP contribution in [0.15, 0.2) is 63.5 Å². The molecular weight excluding hydrogens is 473 g/mol. The normalized spacial score (nSPS) is 10.9. The van der Waals surface area contributed by atoms with Gasteiger partial charge in [-0.05, 0) is 54.6 Å². The topological polar surface area (TPSA) is 106 Å². The molecule has 4 aromatic rings.